The van der Waals surface area contributed by atoms with E-state index >= 15 is 0 Å². The van der Waals surface area contributed by atoms with Crippen LogP contribution in [-0.4, -0.2) is 33.3 Å². The molecule has 1 unspecified atom stereocenters. The maximum absolute atomic E-state index is 5.70. The Kier molecular flexibility index (Phi) is 5.84. The predicted octanol–water partition coefficient (Wildman–Crippen LogP) is 2.52. The minimum Gasteiger partial charge on any atom is -0.492 e. The fourth-order valence-electron chi connectivity index (χ4n) is 1.47. The van der Waals surface area contributed by atoms with E-state index in [1.807, 2.05) is 26.2 Å². The molecule has 0 aliphatic heterocycles. The first-order valence-electron chi connectivity index (χ1n) is 6.27. The summed E-state index contributed by atoms with van der Waals surface area (Å²) in [5, 5.41) is 3.40. The number of rotatable bonds is 7. The van der Waals surface area contributed by atoms with Gasteiger partial charge in [-0.3, -0.25) is 0 Å². The van der Waals surface area contributed by atoms with Crippen molar-refractivity contribution in [1.29, 1.82) is 0 Å². The first kappa shape index (κ1) is 13.8. The van der Waals surface area contributed by atoms with Gasteiger partial charge in [-0.25, -0.2) is 0 Å². The molecule has 0 aromatic heterocycles. The molecular weight excluding hydrogens is 212 g/mol. The molecule has 3 heteroatoms. The molecule has 0 aliphatic rings. The third-order valence-corrected chi connectivity index (χ3v) is 2.81. The van der Waals surface area contributed by atoms with Gasteiger partial charge in [0.2, 0.25) is 0 Å². The number of ether oxygens (including phenoxy) is 1. The quantitative estimate of drug-likeness (QED) is 0.736. The van der Waals surface area contributed by atoms with Gasteiger partial charge in [0, 0.05) is 38.4 Å². The molecule has 1 N–H and O–H groups in total. The van der Waals surface area contributed by atoms with Crippen LogP contribution in [0.5, 0.6) is 5.75 Å². The van der Waals surface area contributed by atoms with Crippen molar-refractivity contribution in [2.75, 3.05) is 32.1 Å². The smallest absolute Gasteiger partial charge is 0.121 e. The number of benzene rings is 1. The Bertz CT molecular complexity index is 326. The van der Waals surface area contributed by atoms with Gasteiger partial charge in [0.25, 0.3) is 0 Å². The molecule has 0 spiro atoms. The van der Waals surface area contributed by atoms with Crippen molar-refractivity contribution in [3.63, 3.8) is 0 Å². The topological polar surface area (TPSA) is 24.5 Å². The van der Waals surface area contributed by atoms with Gasteiger partial charge < -0.3 is 15.0 Å². The molecule has 0 fully saturated rings. The summed E-state index contributed by atoms with van der Waals surface area (Å²) in [5.41, 5.74) is 1.16. The molecule has 1 atom stereocenters. The molecule has 0 heterocycles. The highest BCUT2D eigenvalue weighted by atomic mass is 16.5. The third-order valence-electron chi connectivity index (χ3n) is 2.81. The van der Waals surface area contributed by atoms with Crippen molar-refractivity contribution in [3.05, 3.63) is 24.3 Å². The average Bonchev–Trinajstić information content (AvgIpc) is 2.34. The molecule has 0 saturated heterocycles. The highest BCUT2D eigenvalue weighted by molar-refractivity contribution is 5.49. The predicted molar refractivity (Wildman–Crippen MR) is 74.0 cm³/mol. The molecule has 96 valence electrons. The lowest BCUT2D eigenvalue weighted by molar-refractivity contribution is 0.306. The van der Waals surface area contributed by atoms with Crippen molar-refractivity contribution in [2.45, 2.75) is 26.3 Å². The monoisotopic (exact) mass is 236 g/mol. The van der Waals surface area contributed by atoms with Crippen LogP contribution in [0.4, 0.5) is 5.69 Å². The molecule has 0 saturated carbocycles. The maximum atomic E-state index is 5.70. The molecule has 17 heavy (non-hydrogen) atoms. The van der Waals surface area contributed by atoms with E-state index < -0.39 is 0 Å². The summed E-state index contributed by atoms with van der Waals surface area (Å²) in [7, 11) is 4.06. The van der Waals surface area contributed by atoms with Crippen LogP contribution in [-0.2, 0) is 0 Å². The number of hydrogen-bond donors (Lipinski definition) is 1. The van der Waals surface area contributed by atoms with Gasteiger partial charge in [-0.2, -0.15) is 0 Å². The van der Waals surface area contributed by atoms with Crippen LogP contribution in [0.25, 0.3) is 0 Å². The van der Waals surface area contributed by atoms with Crippen LogP contribution >= 0.6 is 0 Å². The fourth-order valence-corrected chi connectivity index (χ4v) is 1.47. The van der Waals surface area contributed by atoms with E-state index in [0.29, 0.717) is 12.6 Å². The summed E-state index contributed by atoms with van der Waals surface area (Å²) in [6.07, 6.45) is 1.15. The van der Waals surface area contributed by atoms with E-state index in [-0.39, 0.29) is 0 Å². The molecular formula is C14H24N2O. The number of nitrogens with one attached hydrogen (secondary N) is 1. The summed E-state index contributed by atoms with van der Waals surface area (Å²) in [6, 6.07) is 8.71. The summed E-state index contributed by atoms with van der Waals surface area (Å²) >= 11 is 0. The lowest BCUT2D eigenvalue weighted by Crippen LogP contribution is -2.29. The SMILES string of the molecule is CCC(C)NCCOc1cccc(N(C)C)c1. The van der Waals surface area contributed by atoms with Crippen molar-refractivity contribution in [2.24, 2.45) is 0 Å². The molecule has 0 bridgehead atoms. The van der Waals surface area contributed by atoms with Gasteiger partial charge in [0.15, 0.2) is 0 Å². The van der Waals surface area contributed by atoms with Gasteiger partial charge in [-0.15, -0.1) is 0 Å². The Morgan fingerprint density at radius 3 is 2.76 bits per heavy atom. The maximum Gasteiger partial charge on any atom is 0.121 e. The van der Waals surface area contributed by atoms with Gasteiger partial charge in [0.1, 0.15) is 12.4 Å². The van der Waals surface area contributed by atoms with Gasteiger partial charge in [-0.05, 0) is 25.5 Å². The molecule has 1 aromatic rings. The van der Waals surface area contributed by atoms with Gasteiger partial charge >= 0.3 is 0 Å². The van der Waals surface area contributed by atoms with E-state index in [1.54, 1.807) is 0 Å². The molecule has 0 amide bonds. The van der Waals surface area contributed by atoms with Crippen molar-refractivity contribution < 1.29 is 4.74 Å². The lowest BCUT2D eigenvalue weighted by Gasteiger charge is -2.15. The largest absolute Gasteiger partial charge is 0.492 e. The van der Waals surface area contributed by atoms with E-state index in [1.165, 1.54) is 0 Å². The summed E-state index contributed by atoms with van der Waals surface area (Å²) < 4.78 is 5.70. The van der Waals surface area contributed by atoms with Crippen LogP contribution in [0.2, 0.25) is 0 Å². The highest BCUT2D eigenvalue weighted by Gasteiger charge is 1.99. The number of nitrogens with zero attached hydrogens (tertiary/aromatic N) is 1. The second-order valence-corrected chi connectivity index (χ2v) is 4.50. The molecule has 0 radical (unpaired) electrons. The van der Waals surface area contributed by atoms with Crippen molar-refractivity contribution in [1.82, 2.24) is 5.32 Å². The molecule has 1 aromatic carbocycles. The Morgan fingerprint density at radius 1 is 1.35 bits per heavy atom. The van der Waals surface area contributed by atoms with Gasteiger partial charge in [-0.1, -0.05) is 13.0 Å². The second kappa shape index (κ2) is 7.17. The van der Waals surface area contributed by atoms with Crippen LogP contribution in [0.15, 0.2) is 24.3 Å². The average molecular weight is 236 g/mol. The van der Waals surface area contributed by atoms with Crippen molar-refractivity contribution in [3.8, 4) is 5.75 Å². The number of hydrogen-bond acceptors (Lipinski definition) is 3. The Morgan fingerprint density at radius 2 is 2.12 bits per heavy atom. The lowest BCUT2D eigenvalue weighted by atomic mass is 10.2. The van der Waals surface area contributed by atoms with E-state index in [2.05, 4.69) is 36.2 Å². The fraction of sp³-hybridized carbons (Fsp3) is 0.571. The van der Waals surface area contributed by atoms with E-state index in [4.69, 9.17) is 4.74 Å². The van der Waals surface area contributed by atoms with E-state index in [0.717, 1.165) is 24.4 Å². The van der Waals surface area contributed by atoms with Gasteiger partial charge in [0.05, 0.1) is 0 Å². The second-order valence-electron chi connectivity index (χ2n) is 4.50. The zero-order valence-corrected chi connectivity index (χ0v) is 11.4. The zero-order chi connectivity index (χ0) is 12.7. The summed E-state index contributed by atoms with van der Waals surface area (Å²) in [4.78, 5) is 2.07. The van der Waals surface area contributed by atoms with E-state index in [9.17, 15) is 0 Å². The molecule has 0 aliphatic carbocycles. The zero-order valence-electron chi connectivity index (χ0n) is 11.4. The number of anilines is 1. The normalized spacial score (nSPS) is 12.2. The van der Waals surface area contributed by atoms with Crippen LogP contribution in [0, 0.1) is 0 Å². The summed E-state index contributed by atoms with van der Waals surface area (Å²) in [6.45, 7) is 5.97. The Balaban J connectivity index is 2.34. The molecule has 1 rings (SSSR count). The van der Waals surface area contributed by atoms with Crippen LogP contribution in [0.3, 0.4) is 0 Å². The van der Waals surface area contributed by atoms with Crippen LogP contribution in [0.1, 0.15) is 20.3 Å². The first-order valence-corrected chi connectivity index (χ1v) is 6.27. The standard InChI is InChI=1S/C14H24N2O/c1-5-12(2)15-9-10-17-14-8-6-7-13(11-14)16(3)4/h6-8,11-12,15H,5,9-10H2,1-4H3. The third kappa shape index (κ3) is 5.09. The first-order chi connectivity index (χ1) is 8.13. The minimum atomic E-state index is 0.562. The van der Waals surface area contributed by atoms with Crippen molar-refractivity contribution >= 4 is 5.69 Å². The highest BCUT2D eigenvalue weighted by Crippen LogP contribution is 2.18. The summed E-state index contributed by atoms with van der Waals surface area (Å²) in [5.74, 6) is 0.933. The Labute approximate surface area is 105 Å². The Hall–Kier alpha value is -1.22. The molecule has 3 nitrogen and oxygen atoms in total. The minimum absolute atomic E-state index is 0.562. The van der Waals surface area contributed by atoms with Crippen LogP contribution < -0.4 is 15.0 Å².